The number of aromatic nitrogens is 3. The minimum atomic E-state index is 0.0438. The van der Waals surface area contributed by atoms with Gasteiger partial charge >= 0.3 is 0 Å². The third-order valence-electron chi connectivity index (χ3n) is 4.08. The van der Waals surface area contributed by atoms with E-state index in [1.54, 1.807) is 19.5 Å². The first-order chi connectivity index (χ1) is 12.7. The van der Waals surface area contributed by atoms with Crippen LogP contribution in [0, 0.1) is 0 Å². The molecule has 1 N–H and O–H groups in total. The molecule has 0 saturated heterocycles. The number of rotatable bonds is 8. The van der Waals surface area contributed by atoms with Crippen LogP contribution in [0.15, 0.2) is 61.1 Å². The first-order valence-corrected chi connectivity index (χ1v) is 8.58. The third kappa shape index (κ3) is 4.92. The molecule has 0 atom stereocenters. The lowest BCUT2D eigenvalue weighted by atomic mass is 10.1. The van der Waals surface area contributed by atoms with Gasteiger partial charge < -0.3 is 10.1 Å². The Morgan fingerprint density at radius 2 is 1.88 bits per heavy atom. The van der Waals surface area contributed by atoms with Crippen LogP contribution in [0.5, 0.6) is 5.75 Å². The van der Waals surface area contributed by atoms with Gasteiger partial charge in [0.2, 0.25) is 5.91 Å². The molecule has 0 bridgehead atoms. The molecule has 1 aromatic carbocycles. The lowest BCUT2D eigenvalue weighted by molar-refractivity contribution is -0.121. The van der Waals surface area contributed by atoms with Crippen LogP contribution in [0.3, 0.4) is 0 Å². The van der Waals surface area contributed by atoms with E-state index in [1.165, 1.54) is 0 Å². The van der Waals surface area contributed by atoms with Gasteiger partial charge in [-0.05, 0) is 42.3 Å². The molecule has 2 heterocycles. The van der Waals surface area contributed by atoms with Gasteiger partial charge in [0.15, 0.2) is 0 Å². The maximum Gasteiger partial charge on any atom is 0.220 e. The summed E-state index contributed by atoms with van der Waals surface area (Å²) < 4.78 is 6.96. The van der Waals surface area contributed by atoms with Gasteiger partial charge in [0.1, 0.15) is 5.75 Å². The highest BCUT2D eigenvalue weighted by Gasteiger charge is 2.04. The van der Waals surface area contributed by atoms with Crippen LogP contribution in [0.1, 0.15) is 12.0 Å². The summed E-state index contributed by atoms with van der Waals surface area (Å²) in [6, 6.07) is 13.6. The number of methoxy groups -OCH3 is 1. The highest BCUT2D eigenvalue weighted by atomic mass is 16.5. The lowest BCUT2D eigenvalue weighted by Crippen LogP contribution is -2.27. The molecule has 0 radical (unpaired) electrons. The molecule has 0 spiro atoms. The van der Waals surface area contributed by atoms with Crippen molar-refractivity contribution in [1.82, 2.24) is 20.1 Å². The molecule has 0 aliphatic rings. The number of carbonyl (C=O) groups is 1. The highest BCUT2D eigenvalue weighted by Crippen LogP contribution is 2.15. The molecule has 6 nitrogen and oxygen atoms in total. The number of nitrogens with zero attached hydrogens (tertiary/aromatic N) is 3. The molecular weight excluding hydrogens is 328 g/mol. The quantitative estimate of drug-likeness (QED) is 0.678. The number of carbonyl (C=O) groups excluding carboxylic acids is 1. The van der Waals surface area contributed by atoms with Crippen molar-refractivity contribution in [2.75, 3.05) is 13.7 Å². The topological polar surface area (TPSA) is 69.0 Å². The van der Waals surface area contributed by atoms with Crippen LogP contribution in [0.25, 0.3) is 11.3 Å². The predicted molar refractivity (Wildman–Crippen MR) is 99.8 cm³/mol. The summed E-state index contributed by atoms with van der Waals surface area (Å²) in [4.78, 5) is 16.0. The van der Waals surface area contributed by atoms with E-state index in [-0.39, 0.29) is 5.91 Å². The average molecular weight is 350 g/mol. The normalized spacial score (nSPS) is 10.5. The Balaban J connectivity index is 1.40. The van der Waals surface area contributed by atoms with Crippen molar-refractivity contribution in [2.24, 2.45) is 0 Å². The van der Waals surface area contributed by atoms with Gasteiger partial charge in [0.05, 0.1) is 19.3 Å². The number of amides is 1. The number of aryl methyl sites for hydroxylation is 1. The van der Waals surface area contributed by atoms with E-state index in [4.69, 9.17) is 4.74 Å². The summed E-state index contributed by atoms with van der Waals surface area (Å²) in [5, 5.41) is 7.45. The zero-order valence-electron chi connectivity index (χ0n) is 14.8. The molecular formula is C20H22N4O2. The van der Waals surface area contributed by atoms with Crippen molar-refractivity contribution < 1.29 is 9.53 Å². The summed E-state index contributed by atoms with van der Waals surface area (Å²) in [6.07, 6.45) is 6.59. The van der Waals surface area contributed by atoms with Crippen LogP contribution < -0.4 is 10.1 Å². The molecule has 0 aliphatic heterocycles. The second kappa shape index (κ2) is 8.80. The number of nitrogens with one attached hydrogen (secondary N) is 1. The molecule has 0 aliphatic carbocycles. The largest absolute Gasteiger partial charge is 0.497 e. The van der Waals surface area contributed by atoms with E-state index in [1.807, 2.05) is 53.3 Å². The van der Waals surface area contributed by atoms with Crippen LogP contribution >= 0.6 is 0 Å². The summed E-state index contributed by atoms with van der Waals surface area (Å²) >= 11 is 0. The summed E-state index contributed by atoms with van der Waals surface area (Å²) in [5.41, 5.74) is 3.05. The van der Waals surface area contributed by atoms with E-state index in [0.29, 0.717) is 25.9 Å². The summed E-state index contributed by atoms with van der Waals surface area (Å²) in [5.74, 6) is 0.867. The fourth-order valence-corrected chi connectivity index (χ4v) is 2.61. The van der Waals surface area contributed by atoms with E-state index in [9.17, 15) is 4.79 Å². The van der Waals surface area contributed by atoms with Gasteiger partial charge in [-0.2, -0.15) is 5.10 Å². The van der Waals surface area contributed by atoms with Gasteiger partial charge in [-0.1, -0.05) is 12.1 Å². The molecule has 0 saturated carbocycles. The zero-order chi connectivity index (χ0) is 18.2. The fraction of sp³-hybridized carbons (Fsp3) is 0.250. The third-order valence-corrected chi connectivity index (χ3v) is 4.08. The molecule has 0 fully saturated rings. The van der Waals surface area contributed by atoms with Crippen molar-refractivity contribution in [2.45, 2.75) is 19.4 Å². The molecule has 3 rings (SSSR count). The van der Waals surface area contributed by atoms with E-state index < -0.39 is 0 Å². The highest BCUT2D eigenvalue weighted by molar-refractivity contribution is 5.76. The molecule has 26 heavy (non-hydrogen) atoms. The zero-order valence-corrected chi connectivity index (χ0v) is 14.8. The maximum atomic E-state index is 12.0. The number of hydrogen-bond donors (Lipinski definition) is 1. The second-order valence-electron chi connectivity index (χ2n) is 5.90. The van der Waals surface area contributed by atoms with Crippen LogP contribution in [-0.4, -0.2) is 34.3 Å². The van der Waals surface area contributed by atoms with E-state index in [2.05, 4.69) is 15.4 Å². The lowest BCUT2D eigenvalue weighted by Gasteiger charge is -2.06. The monoisotopic (exact) mass is 350 g/mol. The predicted octanol–water partition coefficient (Wildman–Crippen LogP) is 2.70. The van der Waals surface area contributed by atoms with Crippen molar-refractivity contribution in [3.63, 3.8) is 0 Å². The smallest absolute Gasteiger partial charge is 0.220 e. The molecule has 2 aromatic heterocycles. The molecule has 3 aromatic rings. The van der Waals surface area contributed by atoms with Crippen molar-refractivity contribution >= 4 is 5.91 Å². The fourth-order valence-electron chi connectivity index (χ4n) is 2.61. The Labute approximate surface area is 152 Å². The summed E-state index contributed by atoms with van der Waals surface area (Å²) in [6.45, 7) is 1.19. The average Bonchev–Trinajstić information content (AvgIpc) is 3.16. The first kappa shape index (κ1) is 17.7. The number of benzene rings is 1. The van der Waals surface area contributed by atoms with Gasteiger partial charge in [0, 0.05) is 37.1 Å². The van der Waals surface area contributed by atoms with Gasteiger partial charge in [-0.25, -0.2) is 0 Å². The van der Waals surface area contributed by atoms with Crippen molar-refractivity contribution in [3.8, 4) is 17.0 Å². The summed E-state index contributed by atoms with van der Waals surface area (Å²) in [7, 11) is 1.64. The molecule has 1 amide bonds. The van der Waals surface area contributed by atoms with Gasteiger partial charge in [-0.3, -0.25) is 14.5 Å². The van der Waals surface area contributed by atoms with Crippen LogP contribution in [0.2, 0.25) is 0 Å². The van der Waals surface area contributed by atoms with Gasteiger partial charge in [-0.15, -0.1) is 0 Å². The minimum absolute atomic E-state index is 0.0438. The Morgan fingerprint density at radius 3 is 2.62 bits per heavy atom. The van der Waals surface area contributed by atoms with Gasteiger partial charge in [0.25, 0.3) is 0 Å². The SMILES string of the molecule is COc1ccc(CCC(=O)NCCn2ccc(-c3ccncc3)n2)cc1. The van der Waals surface area contributed by atoms with Crippen molar-refractivity contribution in [1.29, 1.82) is 0 Å². The Kier molecular flexibility index (Phi) is 5.98. The number of hydrogen-bond acceptors (Lipinski definition) is 4. The Bertz CT molecular complexity index is 829. The second-order valence-corrected chi connectivity index (χ2v) is 5.90. The minimum Gasteiger partial charge on any atom is -0.497 e. The molecule has 134 valence electrons. The van der Waals surface area contributed by atoms with Crippen LogP contribution in [0.4, 0.5) is 0 Å². The van der Waals surface area contributed by atoms with E-state index >= 15 is 0 Å². The first-order valence-electron chi connectivity index (χ1n) is 8.58. The standard InChI is InChI=1S/C20H22N4O2/c1-26-18-5-2-16(3-6-18)4-7-20(25)22-13-15-24-14-10-19(23-24)17-8-11-21-12-9-17/h2-3,5-6,8-12,14H,4,7,13,15H2,1H3,(H,22,25). The van der Waals surface area contributed by atoms with Crippen molar-refractivity contribution in [3.05, 3.63) is 66.6 Å². The van der Waals surface area contributed by atoms with E-state index in [0.717, 1.165) is 22.6 Å². The Morgan fingerprint density at radius 1 is 1.12 bits per heavy atom. The number of pyridine rings is 1. The molecule has 0 unspecified atom stereocenters. The number of ether oxygens (including phenoxy) is 1. The Hall–Kier alpha value is -3.15. The van der Waals surface area contributed by atoms with Crippen LogP contribution in [-0.2, 0) is 17.8 Å². The maximum absolute atomic E-state index is 12.0. The molecule has 6 heteroatoms.